The molecule has 2 rings (SSSR count). The van der Waals surface area contributed by atoms with Gasteiger partial charge in [-0.3, -0.25) is 0 Å². The van der Waals surface area contributed by atoms with E-state index in [-0.39, 0.29) is 5.02 Å². The Morgan fingerprint density at radius 2 is 2.26 bits per heavy atom. The zero-order valence-corrected chi connectivity index (χ0v) is 11.9. The van der Waals surface area contributed by atoms with Gasteiger partial charge in [-0.25, -0.2) is 17.5 Å². The molecule has 1 saturated heterocycles. The lowest BCUT2D eigenvalue weighted by molar-refractivity contribution is 0.515. The monoisotopic (exact) mass is 306 g/mol. The molecule has 1 heterocycles. The zero-order valence-electron chi connectivity index (χ0n) is 10.3. The molecule has 0 aliphatic carbocycles. The van der Waals surface area contributed by atoms with E-state index in [1.807, 2.05) is 0 Å². The lowest BCUT2D eigenvalue weighted by Gasteiger charge is -2.10. The smallest absolute Gasteiger partial charge is 0.243 e. The fourth-order valence-corrected chi connectivity index (χ4v) is 3.50. The molecule has 1 aromatic rings. The molecule has 0 bridgehead atoms. The van der Waals surface area contributed by atoms with Crippen LogP contribution in [0.4, 0.5) is 4.39 Å². The van der Waals surface area contributed by atoms with Crippen molar-refractivity contribution in [1.82, 2.24) is 10.0 Å². The topological polar surface area (TPSA) is 58.2 Å². The van der Waals surface area contributed by atoms with E-state index >= 15 is 0 Å². The zero-order chi connectivity index (χ0) is 13.9. The van der Waals surface area contributed by atoms with Gasteiger partial charge in [0, 0.05) is 6.54 Å². The SMILES string of the molecule is O=S(=O)(NCC[C@H]1CCNC1)c1cccc(Cl)c1F. The summed E-state index contributed by atoms with van der Waals surface area (Å²) in [5.74, 6) is -0.425. The predicted molar refractivity (Wildman–Crippen MR) is 72.2 cm³/mol. The number of sulfonamides is 1. The van der Waals surface area contributed by atoms with Gasteiger partial charge >= 0.3 is 0 Å². The van der Waals surface area contributed by atoms with Crippen LogP contribution in [0, 0.1) is 11.7 Å². The Kier molecular flexibility index (Phi) is 4.78. The highest BCUT2D eigenvalue weighted by Crippen LogP contribution is 2.21. The van der Waals surface area contributed by atoms with Crippen molar-refractivity contribution in [2.75, 3.05) is 19.6 Å². The average molecular weight is 307 g/mol. The maximum Gasteiger partial charge on any atom is 0.243 e. The number of hydrogen-bond acceptors (Lipinski definition) is 3. The Balaban J connectivity index is 1.99. The van der Waals surface area contributed by atoms with Gasteiger partial charge in [-0.15, -0.1) is 0 Å². The summed E-state index contributed by atoms with van der Waals surface area (Å²) in [6.45, 7) is 2.19. The first kappa shape index (κ1) is 14.7. The first-order valence-corrected chi connectivity index (χ1v) is 8.01. The lowest BCUT2D eigenvalue weighted by atomic mass is 10.1. The molecule has 1 fully saturated rings. The molecule has 1 aliphatic rings. The molecule has 0 radical (unpaired) electrons. The van der Waals surface area contributed by atoms with Crippen molar-refractivity contribution in [2.24, 2.45) is 5.92 Å². The molecule has 1 aromatic carbocycles. The van der Waals surface area contributed by atoms with Crippen LogP contribution in [-0.2, 0) is 10.0 Å². The van der Waals surface area contributed by atoms with Gasteiger partial charge in [0.25, 0.3) is 0 Å². The molecule has 1 atom stereocenters. The van der Waals surface area contributed by atoms with E-state index in [0.29, 0.717) is 12.5 Å². The van der Waals surface area contributed by atoms with Crippen molar-refractivity contribution in [3.8, 4) is 0 Å². The Hall–Kier alpha value is -0.690. The van der Waals surface area contributed by atoms with Gasteiger partial charge in [-0.05, 0) is 44.0 Å². The third-order valence-electron chi connectivity index (χ3n) is 3.21. The van der Waals surface area contributed by atoms with Crippen molar-refractivity contribution in [1.29, 1.82) is 0 Å². The summed E-state index contributed by atoms with van der Waals surface area (Å²) in [6, 6.07) is 3.95. The Bertz CT molecular complexity index is 545. The highest BCUT2D eigenvalue weighted by Gasteiger charge is 2.21. The molecule has 19 heavy (non-hydrogen) atoms. The van der Waals surface area contributed by atoms with Crippen LogP contribution in [-0.4, -0.2) is 28.1 Å². The largest absolute Gasteiger partial charge is 0.316 e. The number of nitrogens with one attached hydrogen (secondary N) is 2. The van der Waals surface area contributed by atoms with Crippen LogP contribution in [0.5, 0.6) is 0 Å². The third kappa shape index (κ3) is 3.66. The number of halogens is 2. The molecule has 0 spiro atoms. The van der Waals surface area contributed by atoms with E-state index in [1.165, 1.54) is 18.2 Å². The predicted octanol–water partition coefficient (Wildman–Crippen LogP) is 1.76. The molecular formula is C12H16ClFN2O2S. The molecule has 1 aliphatic heterocycles. The van der Waals surface area contributed by atoms with E-state index in [9.17, 15) is 12.8 Å². The van der Waals surface area contributed by atoms with Crippen LogP contribution in [0.25, 0.3) is 0 Å². The number of rotatable bonds is 5. The standard InChI is InChI=1S/C12H16ClFN2O2S/c13-10-2-1-3-11(12(10)14)19(17,18)16-7-5-9-4-6-15-8-9/h1-3,9,15-16H,4-8H2/t9-/m1/s1. The van der Waals surface area contributed by atoms with Gasteiger partial charge in [0.1, 0.15) is 4.90 Å². The van der Waals surface area contributed by atoms with E-state index in [0.717, 1.165) is 25.9 Å². The van der Waals surface area contributed by atoms with Crippen molar-refractivity contribution in [2.45, 2.75) is 17.7 Å². The van der Waals surface area contributed by atoms with Crippen molar-refractivity contribution in [3.63, 3.8) is 0 Å². The second-order valence-electron chi connectivity index (χ2n) is 4.60. The Morgan fingerprint density at radius 3 is 2.95 bits per heavy atom. The first-order chi connectivity index (χ1) is 9.00. The van der Waals surface area contributed by atoms with Crippen LogP contribution in [0.1, 0.15) is 12.8 Å². The maximum absolute atomic E-state index is 13.7. The lowest BCUT2D eigenvalue weighted by Crippen LogP contribution is -2.27. The summed E-state index contributed by atoms with van der Waals surface area (Å²) in [5, 5.41) is 3.02. The van der Waals surface area contributed by atoms with Gasteiger partial charge < -0.3 is 5.32 Å². The van der Waals surface area contributed by atoms with Crippen LogP contribution in [0.15, 0.2) is 23.1 Å². The summed E-state index contributed by atoms with van der Waals surface area (Å²) in [7, 11) is -3.84. The summed E-state index contributed by atoms with van der Waals surface area (Å²) < 4.78 is 40.0. The number of hydrogen-bond donors (Lipinski definition) is 2. The van der Waals surface area contributed by atoms with Gasteiger partial charge in [0.05, 0.1) is 5.02 Å². The van der Waals surface area contributed by atoms with Gasteiger partial charge in [-0.1, -0.05) is 17.7 Å². The minimum absolute atomic E-state index is 0.192. The molecule has 0 saturated carbocycles. The summed E-state index contributed by atoms with van der Waals surface area (Å²) >= 11 is 5.58. The highest BCUT2D eigenvalue weighted by atomic mass is 35.5. The van der Waals surface area contributed by atoms with Crippen LogP contribution in [0.2, 0.25) is 5.02 Å². The van der Waals surface area contributed by atoms with E-state index in [4.69, 9.17) is 11.6 Å². The van der Waals surface area contributed by atoms with Crippen molar-refractivity contribution in [3.05, 3.63) is 29.0 Å². The Labute approximate surface area is 117 Å². The second-order valence-corrected chi connectivity index (χ2v) is 6.74. The van der Waals surface area contributed by atoms with Gasteiger partial charge in [-0.2, -0.15) is 0 Å². The van der Waals surface area contributed by atoms with Crippen molar-refractivity contribution >= 4 is 21.6 Å². The fourth-order valence-electron chi connectivity index (χ4n) is 2.13. The van der Waals surface area contributed by atoms with E-state index in [1.54, 1.807) is 0 Å². The molecule has 2 N–H and O–H groups in total. The third-order valence-corrected chi connectivity index (χ3v) is 4.98. The molecule has 0 unspecified atom stereocenters. The van der Waals surface area contributed by atoms with E-state index < -0.39 is 20.7 Å². The fraction of sp³-hybridized carbons (Fsp3) is 0.500. The molecule has 0 aromatic heterocycles. The quantitative estimate of drug-likeness (QED) is 0.871. The summed E-state index contributed by atoms with van der Waals surface area (Å²) in [5.41, 5.74) is 0. The van der Waals surface area contributed by atoms with Crippen LogP contribution < -0.4 is 10.0 Å². The number of benzene rings is 1. The van der Waals surface area contributed by atoms with E-state index in [2.05, 4.69) is 10.0 Å². The molecule has 0 amide bonds. The van der Waals surface area contributed by atoms with Gasteiger partial charge in [0.15, 0.2) is 5.82 Å². The van der Waals surface area contributed by atoms with Crippen LogP contribution in [0.3, 0.4) is 0 Å². The average Bonchev–Trinajstić information content (AvgIpc) is 2.85. The Morgan fingerprint density at radius 1 is 1.47 bits per heavy atom. The summed E-state index contributed by atoms with van der Waals surface area (Å²) in [4.78, 5) is -0.399. The maximum atomic E-state index is 13.7. The highest BCUT2D eigenvalue weighted by molar-refractivity contribution is 7.89. The first-order valence-electron chi connectivity index (χ1n) is 6.15. The summed E-state index contributed by atoms with van der Waals surface area (Å²) in [6.07, 6.45) is 1.79. The normalized spacial score (nSPS) is 19.8. The molecule has 106 valence electrons. The molecular weight excluding hydrogens is 291 g/mol. The molecule has 4 nitrogen and oxygen atoms in total. The van der Waals surface area contributed by atoms with Crippen LogP contribution >= 0.6 is 11.6 Å². The second kappa shape index (κ2) is 6.17. The van der Waals surface area contributed by atoms with Crippen molar-refractivity contribution < 1.29 is 12.8 Å². The van der Waals surface area contributed by atoms with Gasteiger partial charge in [0.2, 0.25) is 10.0 Å². The minimum Gasteiger partial charge on any atom is -0.316 e. The minimum atomic E-state index is -3.84. The molecule has 7 heteroatoms.